The second-order valence-corrected chi connectivity index (χ2v) is 6.97. The van der Waals surface area contributed by atoms with Gasteiger partial charge in [0.05, 0.1) is 0 Å². The molecule has 0 radical (unpaired) electrons. The first-order chi connectivity index (χ1) is 15.2. The van der Waals surface area contributed by atoms with Gasteiger partial charge in [-0.05, 0) is 32.1 Å². The lowest BCUT2D eigenvalue weighted by molar-refractivity contribution is -0.134. The average molecular weight is 440 g/mol. The molecule has 0 aliphatic heterocycles. The van der Waals surface area contributed by atoms with Crippen LogP contribution in [0.2, 0.25) is 0 Å². The van der Waals surface area contributed by atoms with Crippen LogP contribution >= 0.6 is 0 Å². The molecule has 1 aromatic carbocycles. The second kappa shape index (κ2) is 9.04. The van der Waals surface area contributed by atoms with Gasteiger partial charge in [0.1, 0.15) is 5.82 Å². The predicted molar refractivity (Wildman–Crippen MR) is 119 cm³/mol. The van der Waals surface area contributed by atoms with Gasteiger partial charge in [-0.15, -0.1) is 0 Å². The van der Waals surface area contributed by atoms with Crippen molar-refractivity contribution in [3.8, 4) is 11.5 Å². The fraction of sp³-hybridized carbons (Fsp3) is 0.318. The maximum atomic E-state index is 12.8. The maximum Gasteiger partial charge on any atom is 0.332 e. The molecular weight excluding hydrogens is 416 g/mol. The minimum atomic E-state index is -0.575. The molecule has 0 saturated heterocycles. The van der Waals surface area contributed by atoms with Crippen molar-refractivity contribution in [1.29, 1.82) is 0 Å². The zero-order chi connectivity index (χ0) is 23.6. The average Bonchev–Trinajstić information content (AvgIpc) is 3.04. The number of aromatic nitrogens is 4. The van der Waals surface area contributed by atoms with Crippen LogP contribution in [0.3, 0.4) is 0 Å². The van der Waals surface area contributed by atoms with Crippen LogP contribution in [0.5, 0.6) is 11.5 Å². The van der Waals surface area contributed by atoms with Crippen LogP contribution in [0, 0.1) is 0 Å². The Morgan fingerprint density at radius 2 is 1.66 bits per heavy atom. The van der Waals surface area contributed by atoms with Gasteiger partial charge in [-0.3, -0.25) is 23.5 Å². The Morgan fingerprint density at radius 3 is 2.25 bits per heavy atom. The molecule has 3 rings (SSSR count). The van der Waals surface area contributed by atoms with E-state index in [9.17, 15) is 19.2 Å². The molecule has 0 aliphatic carbocycles. The molecule has 0 spiro atoms. The van der Waals surface area contributed by atoms with Crippen molar-refractivity contribution in [2.45, 2.75) is 40.8 Å². The van der Waals surface area contributed by atoms with Gasteiger partial charge in [0.2, 0.25) is 0 Å². The number of rotatable bonds is 6. The molecule has 3 aromatic rings. The smallest absolute Gasteiger partial charge is 0.332 e. The third kappa shape index (κ3) is 4.11. The van der Waals surface area contributed by atoms with Gasteiger partial charge in [-0.2, -0.15) is 0 Å². The van der Waals surface area contributed by atoms with E-state index in [1.807, 2.05) is 0 Å². The molecule has 168 valence electrons. The van der Waals surface area contributed by atoms with E-state index in [0.29, 0.717) is 29.1 Å². The molecule has 0 unspecified atom stereocenters. The van der Waals surface area contributed by atoms with Gasteiger partial charge in [0.25, 0.3) is 5.56 Å². The van der Waals surface area contributed by atoms with Gasteiger partial charge < -0.3 is 14.0 Å². The van der Waals surface area contributed by atoms with E-state index in [1.54, 1.807) is 49.7 Å². The Hall–Kier alpha value is -3.95. The van der Waals surface area contributed by atoms with Crippen LogP contribution in [0.1, 0.15) is 39.1 Å². The number of nitrogens with zero attached hydrogens (tertiary/aromatic N) is 4. The predicted octanol–water partition coefficient (Wildman–Crippen LogP) is 1.96. The number of hydrogen-bond acceptors (Lipinski definition) is 7. The molecular formula is C22H24N4O6. The van der Waals surface area contributed by atoms with Crippen molar-refractivity contribution in [2.24, 2.45) is 7.05 Å². The third-order valence-electron chi connectivity index (χ3n) is 4.83. The number of para-hydroxylation sites is 1. The highest BCUT2D eigenvalue weighted by atomic mass is 16.6. The van der Waals surface area contributed by atoms with Crippen molar-refractivity contribution in [3.63, 3.8) is 0 Å². The quantitative estimate of drug-likeness (QED) is 0.425. The molecule has 0 N–H and O–H groups in total. The zero-order valence-corrected chi connectivity index (χ0v) is 18.5. The molecule has 10 heteroatoms. The summed E-state index contributed by atoms with van der Waals surface area (Å²) in [6.45, 7) is 6.64. The Morgan fingerprint density at radius 1 is 1.00 bits per heavy atom. The molecule has 10 nitrogen and oxygen atoms in total. The number of ether oxygens (including phenoxy) is 2. The highest BCUT2D eigenvalue weighted by molar-refractivity contribution is 5.81. The third-order valence-corrected chi connectivity index (χ3v) is 4.83. The van der Waals surface area contributed by atoms with Crippen molar-refractivity contribution < 1.29 is 19.1 Å². The van der Waals surface area contributed by atoms with Crippen LogP contribution in [0.25, 0.3) is 23.3 Å². The molecule has 0 saturated carbocycles. The van der Waals surface area contributed by atoms with E-state index in [0.717, 1.165) is 0 Å². The van der Waals surface area contributed by atoms with E-state index in [-0.39, 0.29) is 18.0 Å². The number of benzene rings is 1. The number of aryl methyl sites for hydroxylation is 2. The highest BCUT2D eigenvalue weighted by Crippen LogP contribution is 2.33. The monoisotopic (exact) mass is 440 g/mol. The number of esters is 2. The standard InChI is InChI=1S/C22H24N4O6/c1-6-25-20-18(21(29)26(7-2)22(25)30)24(5)17(23-20)12-11-15-9-8-10-16(31-13(3)27)19(15)32-14(4)28/h8-12H,6-7H2,1-5H3. The summed E-state index contributed by atoms with van der Waals surface area (Å²) in [6, 6.07) is 4.84. The summed E-state index contributed by atoms with van der Waals surface area (Å²) in [6.07, 6.45) is 3.25. The molecule has 0 bridgehead atoms. The summed E-state index contributed by atoms with van der Waals surface area (Å²) in [7, 11) is 1.68. The highest BCUT2D eigenvalue weighted by Gasteiger charge is 2.18. The number of carbonyl (C=O) groups excluding carboxylic acids is 2. The van der Waals surface area contributed by atoms with Crippen molar-refractivity contribution >= 4 is 35.3 Å². The van der Waals surface area contributed by atoms with E-state index in [2.05, 4.69) is 4.98 Å². The molecule has 0 aliphatic rings. The van der Waals surface area contributed by atoms with Gasteiger partial charge in [-0.1, -0.05) is 12.1 Å². The van der Waals surface area contributed by atoms with E-state index in [4.69, 9.17) is 9.47 Å². The molecule has 0 amide bonds. The number of carbonyl (C=O) groups is 2. The Bertz CT molecular complexity index is 1360. The fourth-order valence-electron chi connectivity index (χ4n) is 3.41. The summed E-state index contributed by atoms with van der Waals surface area (Å²) in [5, 5.41) is 0. The van der Waals surface area contributed by atoms with Crippen LogP contribution in [0.15, 0.2) is 27.8 Å². The van der Waals surface area contributed by atoms with E-state index in [1.165, 1.54) is 29.0 Å². The molecule has 32 heavy (non-hydrogen) atoms. The molecule has 0 atom stereocenters. The summed E-state index contributed by atoms with van der Waals surface area (Å²) in [4.78, 5) is 52.9. The molecule has 2 aromatic heterocycles. The Balaban J connectivity index is 2.18. The SMILES string of the molecule is CCn1c(=O)c2c(nc(C=Cc3cccc(OC(C)=O)c3OC(C)=O)n2C)n(CC)c1=O. The lowest BCUT2D eigenvalue weighted by atomic mass is 10.1. The zero-order valence-electron chi connectivity index (χ0n) is 18.5. The first kappa shape index (κ1) is 22.7. The molecule has 0 fully saturated rings. The topological polar surface area (TPSA) is 114 Å². The van der Waals surface area contributed by atoms with E-state index >= 15 is 0 Å². The van der Waals surface area contributed by atoms with Crippen molar-refractivity contribution in [1.82, 2.24) is 18.7 Å². The van der Waals surface area contributed by atoms with Crippen molar-refractivity contribution in [3.05, 3.63) is 50.4 Å². The summed E-state index contributed by atoms with van der Waals surface area (Å²) >= 11 is 0. The van der Waals surface area contributed by atoms with Crippen LogP contribution in [-0.4, -0.2) is 30.6 Å². The lowest BCUT2D eigenvalue weighted by Crippen LogP contribution is -2.39. The van der Waals surface area contributed by atoms with Crippen molar-refractivity contribution in [2.75, 3.05) is 0 Å². The van der Waals surface area contributed by atoms with E-state index < -0.39 is 23.2 Å². The van der Waals surface area contributed by atoms with Gasteiger partial charge in [0, 0.05) is 39.5 Å². The van der Waals surface area contributed by atoms with Crippen LogP contribution in [-0.2, 0) is 29.7 Å². The van der Waals surface area contributed by atoms with Gasteiger partial charge in [0.15, 0.2) is 22.7 Å². The Kier molecular flexibility index (Phi) is 6.42. The normalized spacial score (nSPS) is 11.3. The first-order valence-electron chi connectivity index (χ1n) is 10.1. The first-order valence-corrected chi connectivity index (χ1v) is 10.1. The van der Waals surface area contributed by atoms with Crippen LogP contribution < -0.4 is 20.7 Å². The Labute approximate surface area is 183 Å². The summed E-state index contributed by atoms with van der Waals surface area (Å²) in [5.74, 6) is -0.526. The number of fused-ring (bicyclic) bond motifs is 1. The van der Waals surface area contributed by atoms with Crippen LogP contribution in [0.4, 0.5) is 0 Å². The number of hydrogen-bond donors (Lipinski definition) is 0. The summed E-state index contributed by atoms with van der Waals surface area (Å²) in [5.41, 5.74) is 0.242. The lowest BCUT2D eigenvalue weighted by Gasteiger charge is -2.11. The van der Waals surface area contributed by atoms with Gasteiger partial charge in [-0.25, -0.2) is 9.78 Å². The summed E-state index contributed by atoms with van der Waals surface area (Å²) < 4.78 is 14.6. The fourth-order valence-corrected chi connectivity index (χ4v) is 3.41. The van der Waals surface area contributed by atoms with Gasteiger partial charge >= 0.3 is 17.6 Å². The number of imidazole rings is 1. The largest absolute Gasteiger partial charge is 0.423 e. The molecule has 2 heterocycles. The second-order valence-electron chi connectivity index (χ2n) is 6.97. The maximum absolute atomic E-state index is 12.8. The minimum absolute atomic E-state index is 0.0871. The minimum Gasteiger partial charge on any atom is -0.423 e.